The molecule has 2 nitrogen and oxygen atoms in total. The number of hydrogen-bond acceptors (Lipinski definition) is 2. The van der Waals surface area contributed by atoms with Gasteiger partial charge in [0.2, 0.25) is 0 Å². The van der Waals surface area contributed by atoms with Crippen LogP contribution in [0, 0.1) is 0 Å². The van der Waals surface area contributed by atoms with Gasteiger partial charge >= 0.3 is 0 Å². The lowest BCUT2D eigenvalue weighted by molar-refractivity contribution is 1.33. The second-order valence-electron chi connectivity index (χ2n) is 10.7. The number of hydrogen-bond donors (Lipinski definition) is 0. The Balaban J connectivity index is 1.29. The first kappa shape index (κ1) is 24.2. The smallest absolute Gasteiger partial charge is 0.0721 e. The monoisotopic (exact) mass is 534 g/mol. The first-order valence-corrected chi connectivity index (χ1v) is 14.2. The minimum Gasteiger partial charge on any atom is -0.256 e. The van der Waals surface area contributed by atoms with Crippen molar-refractivity contribution >= 4 is 32.4 Å². The lowest BCUT2D eigenvalue weighted by Crippen LogP contribution is -1.93. The molecule has 2 heteroatoms. The van der Waals surface area contributed by atoms with E-state index in [-0.39, 0.29) is 0 Å². The molecule has 0 saturated carbocycles. The van der Waals surface area contributed by atoms with E-state index in [0.29, 0.717) is 0 Å². The van der Waals surface area contributed by atoms with Gasteiger partial charge in [-0.25, -0.2) is 4.98 Å². The molecule has 0 N–H and O–H groups in total. The molecule has 0 saturated heterocycles. The maximum Gasteiger partial charge on any atom is 0.0721 e. The SMILES string of the molecule is c1ccc2ncc(-c3ccc(-c4cc(-c5cccc6ccccc56)nc(-c5cccc6ccccc56)c4)cc3)cc2c1. The van der Waals surface area contributed by atoms with Gasteiger partial charge < -0.3 is 0 Å². The summed E-state index contributed by atoms with van der Waals surface area (Å²) < 4.78 is 0. The Bertz CT molecular complexity index is 2140. The molecule has 0 radical (unpaired) electrons. The lowest BCUT2D eigenvalue weighted by Gasteiger charge is -2.14. The molecule has 0 aliphatic heterocycles. The molecule has 42 heavy (non-hydrogen) atoms. The zero-order valence-corrected chi connectivity index (χ0v) is 22.9. The Morgan fingerprint density at radius 3 is 1.48 bits per heavy atom. The summed E-state index contributed by atoms with van der Waals surface area (Å²) in [6.45, 7) is 0. The van der Waals surface area contributed by atoms with Crippen LogP contribution in [0.15, 0.2) is 158 Å². The molecule has 8 rings (SSSR count). The van der Waals surface area contributed by atoms with E-state index >= 15 is 0 Å². The molecule has 0 unspecified atom stereocenters. The van der Waals surface area contributed by atoms with E-state index in [9.17, 15) is 0 Å². The number of benzene rings is 6. The van der Waals surface area contributed by atoms with Crippen molar-refractivity contribution in [2.24, 2.45) is 0 Å². The number of aromatic nitrogens is 2. The topological polar surface area (TPSA) is 25.8 Å². The van der Waals surface area contributed by atoms with Gasteiger partial charge in [-0.1, -0.05) is 127 Å². The van der Waals surface area contributed by atoms with E-state index in [0.717, 1.165) is 55.7 Å². The summed E-state index contributed by atoms with van der Waals surface area (Å²) in [7, 11) is 0. The molecule has 0 spiro atoms. The molecule has 2 heterocycles. The Morgan fingerprint density at radius 1 is 0.357 bits per heavy atom. The second-order valence-corrected chi connectivity index (χ2v) is 10.7. The molecule has 0 amide bonds. The van der Waals surface area contributed by atoms with Gasteiger partial charge in [0.1, 0.15) is 0 Å². The van der Waals surface area contributed by atoms with Crippen LogP contribution in [0.3, 0.4) is 0 Å². The molecule has 0 fully saturated rings. The van der Waals surface area contributed by atoms with Gasteiger partial charge in [0.25, 0.3) is 0 Å². The Morgan fingerprint density at radius 2 is 0.857 bits per heavy atom. The van der Waals surface area contributed by atoms with Crippen LogP contribution < -0.4 is 0 Å². The van der Waals surface area contributed by atoms with Crippen molar-refractivity contribution in [1.29, 1.82) is 0 Å². The highest BCUT2D eigenvalue weighted by Gasteiger charge is 2.13. The van der Waals surface area contributed by atoms with E-state index in [1.807, 2.05) is 18.3 Å². The quantitative estimate of drug-likeness (QED) is 0.224. The summed E-state index contributed by atoms with van der Waals surface area (Å²) in [6.07, 6.45) is 1.96. The van der Waals surface area contributed by atoms with Crippen molar-refractivity contribution < 1.29 is 0 Å². The maximum absolute atomic E-state index is 5.29. The number of nitrogens with zero attached hydrogens (tertiary/aromatic N) is 2. The molecular formula is C40H26N2. The predicted octanol–water partition coefficient (Wildman–Crippen LogP) is 10.6. The number of fused-ring (bicyclic) bond motifs is 3. The highest BCUT2D eigenvalue weighted by molar-refractivity contribution is 5.99. The molecule has 8 aromatic rings. The first-order chi connectivity index (χ1) is 20.8. The summed E-state index contributed by atoms with van der Waals surface area (Å²) in [5.74, 6) is 0. The Hall–Kier alpha value is -5.60. The summed E-state index contributed by atoms with van der Waals surface area (Å²) >= 11 is 0. The second kappa shape index (κ2) is 10.1. The largest absolute Gasteiger partial charge is 0.256 e. The van der Waals surface area contributed by atoms with Crippen LogP contribution in [0.5, 0.6) is 0 Å². The van der Waals surface area contributed by atoms with Gasteiger partial charge in [0.05, 0.1) is 16.9 Å². The van der Waals surface area contributed by atoms with Crippen molar-refractivity contribution in [1.82, 2.24) is 9.97 Å². The molecule has 196 valence electrons. The van der Waals surface area contributed by atoms with Crippen LogP contribution in [0.25, 0.3) is 77.2 Å². The zero-order valence-electron chi connectivity index (χ0n) is 22.9. The van der Waals surface area contributed by atoms with Gasteiger partial charge in [-0.3, -0.25) is 4.98 Å². The average molecular weight is 535 g/mol. The van der Waals surface area contributed by atoms with Crippen molar-refractivity contribution in [2.45, 2.75) is 0 Å². The number of pyridine rings is 2. The van der Waals surface area contributed by atoms with Gasteiger partial charge in [0.15, 0.2) is 0 Å². The fourth-order valence-electron chi connectivity index (χ4n) is 5.95. The minimum atomic E-state index is 0.968. The number of rotatable bonds is 4. The third kappa shape index (κ3) is 4.31. The van der Waals surface area contributed by atoms with Crippen LogP contribution >= 0.6 is 0 Å². The molecule has 0 aliphatic rings. The van der Waals surface area contributed by atoms with E-state index in [1.54, 1.807) is 0 Å². The van der Waals surface area contributed by atoms with Crippen molar-refractivity contribution in [3.8, 4) is 44.8 Å². The van der Waals surface area contributed by atoms with Crippen molar-refractivity contribution in [3.05, 3.63) is 158 Å². The van der Waals surface area contributed by atoms with Crippen LogP contribution in [-0.2, 0) is 0 Å². The Labute approximate surface area is 244 Å². The van der Waals surface area contributed by atoms with Crippen molar-refractivity contribution in [2.75, 3.05) is 0 Å². The summed E-state index contributed by atoms with van der Waals surface area (Å²) in [5, 5.41) is 5.97. The first-order valence-electron chi connectivity index (χ1n) is 14.2. The highest BCUT2D eigenvalue weighted by Crippen LogP contribution is 2.36. The Kier molecular flexibility index (Phi) is 5.82. The van der Waals surface area contributed by atoms with Crippen LogP contribution in [0.4, 0.5) is 0 Å². The molecule has 0 atom stereocenters. The summed E-state index contributed by atoms with van der Waals surface area (Å²) in [6, 6.07) is 53.7. The van der Waals surface area contributed by atoms with E-state index in [1.165, 1.54) is 21.5 Å². The van der Waals surface area contributed by atoms with Gasteiger partial charge in [-0.05, 0) is 62.5 Å². The third-order valence-corrected chi connectivity index (χ3v) is 8.10. The normalized spacial score (nSPS) is 11.3. The predicted molar refractivity (Wildman–Crippen MR) is 176 cm³/mol. The fraction of sp³-hybridized carbons (Fsp3) is 0. The zero-order chi connectivity index (χ0) is 27.9. The fourth-order valence-corrected chi connectivity index (χ4v) is 5.95. The summed E-state index contributed by atoms with van der Waals surface area (Å²) in [4.78, 5) is 9.96. The minimum absolute atomic E-state index is 0.968. The van der Waals surface area contributed by atoms with Crippen LogP contribution in [-0.4, -0.2) is 9.97 Å². The van der Waals surface area contributed by atoms with Crippen LogP contribution in [0.1, 0.15) is 0 Å². The van der Waals surface area contributed by atoms with Crippen molar-refractivity contribution in [3.63, 3.8) is 0 Å². The number of para-hydroxylation sites is 1. The van der Waals surface area contributed by atoms with Crippen LogP contribution in [0.2, 0.25) is 0 Å². The third-order valence-electron chi connectivity index (χ3n) is 8.10. The lowest BCUT2D eigenvalue weighted by atomic mass is 9.95. The van der Waals surface area contributed by atoms with Gasteiger partial charge in [-0.2, -0.15) is 0 Å². The molecular weight excluding hydrogens is 508 g/mol. The van der Waals surface area contributed by atoms with Gasteiger partial charge in [-0.15, -0.1) is 0 Å². The molecule has 0 bridgehead atoms. The summed E-state index contributed by atoms with van der Waals surface area (Å²) in [5.41, 5.74) is 9.77. The van der Waals surface area contributed by atoms with Gasteiger partial charge in [0, 0.05) is 28.3 Å². The van der Waals surface area contributed by atoms with E-state index in [2.05, 4.69) is 145 Å². The standard InChI is InChI=1S/C40H26N2/c1-4-14-34-29(9-1)12-7-16-36(34)39-24-32(25-40(42-39)37-17-8-13-30-10-2-5-15-35(30)37)27-19-21-28(22-20-27)33-23-31-11-3-6-18-38(31)41-26-33/h1-26H. The molecule has 2 aromatic heterocycles. The average Bonchev–Trinajstić information content (AvgIpc) is 3.07. The molecule has 0 aliphatic carbocycles. The maximum atomic E-state index is 5.29. The van der Waals surface area contributed by atoms with E-state index in [4.69, 9.17) is 4.98 Å². The highest BCUT2D eigenvalue weighted by atomic mass is 14.7. The van der Waals surface area contributed by atoms with E-state index < -0.39 is 0 Å². The molecule has 6 aromatic carbocycles.